The highest BCUT2D eigenvalue weighted by atomic mass is 15.2. The van der Waals surface area contributed by atoms with Crippen LogP contribution in [0.1, 0.15) is 49.4 Å². The molecule has 1 aromatic carbocycles. The fourth-order valence-corrected chi connectivity index (χ4v) is 3.28. The minimum Gasteiger partial charge on any atom is -0.271 e. The van der Waals surface area contributed by atoms with E-state index in [9.17, 15) is 0 Å². The van der Waals surface area contributed by atoms with Crippen LogP contribution in [0, 0.1) is 6.92 Å². The number of nitrogens with two attached hydrogens (primary N) is 1. The molecular formula is C18H23N3. The summed E-state index contributed by atoms with van der Waals surface area (Å²) in [5, 5.41) is 1.19. The number of pyridine rings is 1. The normalized spacial score (nSPS) is 17.3. The van der Waals surface area contributed by atoms with Crippen molar-refractivity contribution in [2.45, 2.75) is 45.1 Å². The smallest absolute Gasteiger partial charge is 0.0708 e. The Morgan fingerprint density at radius 1 is 1.19 bits per heavy atom. The molecule has 3 nitrogen and oxygen atoms in total. The third-order valence-electron chi connectivity index (χ3n) is 4.30. The van der Waals surface area contributed by atoms with Gasteiger partial charge in [0.05, 0.1) is 11.6 Å². The number of benzene rings is 1. The van der Waals surface area contributed by atoms with E-state index in [1.807, 2.05) is 13.0 Å². The first-order valence-corrected chi connectivity index (χ1v) is 7.81. The third-order valence-corrected chi connectivity index (χ3v) is 4.30. The van der Waals surface area contributed by atoms with E-state index in [1.54, 1.807) is 0 Å². The van der Waals surface area contributed by atoms with E-state index in [0.717, 1.165) is 24.1 Å². The molecule has 3 rings (SSSR count). The first-order chi connectivity index (χ1) is 10.3. The van der Waals surface area contributed by atoms with E-state index >= 15 is 0 Å². The summed E-state index contributed by atoms with van der Waals surface area (Å²) in [5.41, 5.74) is 7.79. The molecule has 0 saturated carbocycles. The Bertz CT molecular complexity index is 661. The van der Waals surface area contributed by atoms with Crippen LogP contribution in [-0.4, -0.2) is 4.98 Å². The highest BCUT2D eigenvalue weighted by Gasteiger charge is 2.19. The summed E-state index contributed by atoms with van der Waals surface area (Å²) < 4.78 is 0. The molecule has 110 valence electrons. The van der Waals surface area contributed by atoms with Gasteiger partial charge in [0.1, 0.15) is 0 Å². The molecule has 1 unspecified atom stereocenters. The molecule has 21 heavy (non-hydrogen) atoms. The molecule has 3 heteroatoms. The van der Waals surface area contributed by atoms with Crippen LogP contribution < -0.4 is 11.3 Å². The number of para-hydroxylation sites is 1. The maximum atomic E-state index is 5.92. The molecule has 1 aliphatic carbocycles. The van der Waals surface area contributed by atoms with Crippen molar-refractivity contribution in [3.05, 3.63) is 53.2 Å². The molecule has 1 atom stereocenters. The van der Waals surface area contributed by atoms with Gasteiger partial charge >= 0.3 is 0 Å². The summed E-state index contributed by atoms with van der Waals surface area (Å²) in [7, 11) is 0. The Hall–Kier alpha value is -1.71. The molecule has 2 aromatic rings. The molecule has 0 fully saturated rings. The Balaban J connectivity index is 2.10. The molecule has 0 aliphatic heterocycles. The van der Waals surface area contributed by atoms with E-state index < -0.39 is 0 Å². The average Bonchev–Trinajstić information content (AvgIpc) is 2.77. The van der Waals surface area contributed by atoms with Crippen LogP contribution in [0.5, 0.6) is 0 Å². The van der Waals surface area contributed by atoms with Crippen molar-refractivity contribution in [3.8, 4) is 0 Å². The van der Waals surface area contributed by atoms with E-state index in [1.165, 1.54) is 35.8 Å². The van der Waals surface area contributed by atoms with E-state index in [4.69, 9.17) is 5.84 Å². The Morgan fingerprint density at radius 2 is 2.05 bits per heavy atom. The van der Waals surface area contributed by atoms with Gasteiger partial charge in [-0.2, -0.15) is 0 Å². The molecular weight excluding hydrogens is 258 g/mol. The van der Waals surface area contributed by atoms with Crippen molar-refractivity contribution in [2.24, 2.45) is 5.84 Å². The number of hydrogen-bond donors (Lipinski definition) is 2. The molecule has 0 bridgehead atoms. The predicted molar refractivity (Wildman–Crippen MR) is 87.7 cm³/mol. The third kappa shape index (κ3) is 2.99. The number of nitrogens with one attached hydrogen (secondary N) is 1. The minimum atomic E-state index is 0.0923. The number of aromatic nitrogens is 1. The second kappa shape index (κ2) is 6.37. The second-order valence-electron chi connectivity index (χ2n) is 5.85. The van der Waals surface area contributed by atoms with E-state index in [-0.39, 0.29) is 6.04 Å². The maximum Gasteiger partial charge on any atom is 0.0708 e. The van der Waals surface area contributed by atoms with Crippen LogP contribution in [0.2, 0.25) is 0 Å². The summed E-state index contributed by atoms with van der Waals surface area (Å²) in [4.78, 5) is 4.63. The minimum absolute atomic E-state index is 0.0923. The first kappa shape index (κ1) is 14.2. The highest BCUT2D eigenvalue weighted by Crippen LogP contribution is 2.32. The Labute approximate surface area is 126 Å². The zero-order valence-electron chi connectivity index (χ0n) is 12.6. The lowest BCUT2D eigenvalue weighted by Crippen LogP contribution is -2.29. The number of fused-ring (bicyclic) bond motifs is 1. The molecule has 0 saturated heterocycles. The molecule has 1 aliphatic rings. The zero-order chi connectivity index (χ0) is 14.7. The molecule has 0 amide bonds. The molecule has 3 N–H and O–H groups in total. The lowest BCUT2D eigenvalue weighted by molar-refractivity contribution is 0.595. The second-order valence-corrected chi connectivity index (χ2v) is 5.85. The average molecular weight is 281 g/mol. The van der Waals surface area contributed by atoms with Crippen molar-refractivity contribution < 1.29 is 0 Å². The van der Waals surface area contributed by atoms with Gasteiger partial charge in [-0.1, -0.05) is 36.3 Å². The summed E-state index contributed by atoms with van der Waals surface area (Å²) >= 11 is 0. The van der Waals surface area contributed by atoms with Gasteiger partial charge in [0.15, 0.2) is 0 Å². The van der Waals surface area contributed by atoms with Gasteiger partial charge in [-0.25, -0.2) is 5.43 Å². The fraction of sp³-hybridized carbons (Fsp3) is 0.389. The van der Waals surface area contributed by atoms with Gasteiger partial charge in [-0.15, -0.1) is 0 Å². The van der Waals surface area contributed by atoms with Crippen molar-refractivity contribution in [2.75, 3.05) is 0 Å². The first-order valence-electron chi connectivity index (χ1n) is 7.81. The van der Waals surface area contributed by atoms with Gasteiger partial charge in [0, 0.05) is 11.1 Å². The van der Waals surface area contributed by atoms with Gasteiger partial charge in [0.25, 0.3) is 0 Å². The van der Waals surface area contributed by atoms with Gasteiger partial charge in [-0.05, 0) is 50.3 Å². The van der Waals surface area contributed by atoms with Crippen LogP contribution in [0.15, 0.2) is 42.0 Å². The number of aryl methyl sites for hydroxylation is 1. The monoisotopic (exact) mass is 281 g/mol. The van der Waals surface area contributed by atoms with Crippen molar-refractivity contribution in [3.63, 3.8) is 0 Å². The largest absolute Gasteiger partial charge is 0.271 e. The van der Waals surface area contributed by atoms with E-state index in [0.29, 0.717) is 0 Å². The predicted octanol–water partition coefficient (Wildman–Crippen LogP) is 3.94. The Morgan fingerprint density at radius 3 is 2.90 bits per heavy atom. The number of allylic oxidation sites excluding steroid dienone is 1. The van der Waals surface area contributed by atoms with Gasteiger partial charge < -0.3 is 0 Å². The van der Waals surface area contributed by atoms with Gasteiger partial charge in [-0.3, -0.25) is 10.8 Å². The lowest BCUT2D eigenvalue weighted by atomic mass is 9.92. The summed E-state index contributed by atoms with van der Waals surface area (Å²) in [6.07, 6.45) is 8.53. The van der Waals surface area contributed by atoms with Crippen LogP contribution in [-0.2, 0) is 0 Å². The highest BCUT2D eigenvalue weighted by molar-refractivity contribution is 5.83. The summed E-state index contributed by atoms with van der Waals surface area (Å²) in [6, 6.07) is 10.6. The molecule has 1 aromatic heterocycles. The topological polar surface area (TPSA) is 50.9 Å². The Kier molecular flexibility index (Phi) is 4.32. The molecule has 1 heterocycles. The van der Waals surface area contributed by atoms with Crippen LogP contribution in [0.4, 0.5) is 0 Å². The van der Waals surface area contributed by atoms with Crippen molar-refractivity contribution in [1.29, 1.82) is 0 Å². The molecule has 0 spiro atoms. The summed E-state index contributed by atoms with van der Waals surface area (Å²) in [5.74, 6) is 5.92. The van der Waals surface area contributed by atoms with Crippen molar-refractivity contribution in [1.82, 2.24) is 10.4 Å². The maximum absolute atomic E-state index is 5.92. The zero-order valence-corrected chi connectivity index (χ0v) is 12.6. The van der Waals surface area contributed by atoms with E-state index in [2.05, 4.69) is 40.8 Å². The SMILES string of the molecule is Cc1cc(C(NN)C2=CCCCCC2)c2ccccc2n1. The lowest BCUT2D eigenvalue weighted by Gasteiger charge is -2.22. The van der Waals surface area contributed by atoms with Gasteiger partial charge in [0.2, 0.25) is 0 Å². The standard InChI is InChI=1S/C18H23N3/c1-13-12-16(15-10-6-7-11-17(15)20-13)18(21-19)14-8-4-2-3-5-9-14/h6-8,10-12,18,21H,2-5,9,19H2,1H3. The van der Waals surface area contributed by atoms with Crippen molar-refractivity contribution >= 4 is 10.9 Å². The quantitative estimate of drug-likeness (QED) is 0.509. The summed E-state index contributed by atoms with van der Waals surface area (Å²) in [6.45, 7) is 2.05. The van der Waals surface area contributed by atoms with Crippen LogP contribution in [0.3, 0.4) is 0 Å². The fourth-order valence-electron chi connectivity index (χ4n) is 3.28. The number of rotatable bonds is 3. The molecule has 0 radical (unpaired) electrons. The number of hydrogen-bond acceptors (Lipinski definition) is 3. The number of hydrazine groups is 1. The number of nitrogens with zero attached hydrogens (tertiary/aromatic N) is 1. The van der Waals surface area contributed by atoms with Crippen LogP contribution in [0.25, 0.3) is 10.9 Å². The van der Waals surface area contributed by atoms with Crippen LogP contribution >= 0.6 is 0 Å².